The number of quaternary nitrogens is 1. The van der Waals surface area contributed by atoms with E-state index in [4.69, 9.17) is 25.0 Å². The Bertz CT molecular complexity index is 521. The smallest absolute Gasteiger partial charge is 0.103 e. The van der Waals surface area contributed by atoms with Gasteiger partial charge in [0.15, 0.2) is 0 Å². The molecule has 0 atom stereocenters. The zero-order valence-electron chi connectivity index (χ0n) is 21.7. The Morgan fingerprint density at radius 2 is 1.21 bits per heavy atom. The van der Waals surface area contributed by atoms with Crippen LogP contribution >= 0.6 is 0 Å². The molecule has 1 aromatic carbocycles. The van der Waals surface area contributed by atoms with Crippen LogP contribution in [0, 0.1) is 15.3 Å². The molecule has 0 aromatic heterocycles. The third-order valence-electron chi connectivity index (χ3n) is 4.58. The highest BCUT2D eigenvalue weighted by atomic mass is 16.9. The fraction of sp³-hybridized carbons (Fsp3) is 0.760. The largest absolute Gasteiger partial charge is 0.356 e. The quantitative estimate of drug-likeness (QED) is 0.112. The van der Waals surface area contributed by atoms with E-state index >= 15 is 0 Å². The fourth-order valence-electron chi connectivity index (χ4n) is 3.04. The van der Waals surface area contributed by atoms with Crippen LogP contribution in [0.25, 0.3) is 0 Å². The number of rotatable bonds is 17. The molecule has 33 heavy (non-hydrogen) atoms. The number of hydrogen-bond donors (Lipinski definition) is 1. The van der Waals surface area contributed by atoms with Gasteiger partial charge in [-0.2, -0.15) is 4.65 Å². The van der Waals surface area contributed by atoms with Crippen molar-refractivity contribution in [2.75, 3.05) is 39.8 Å². The first-order valence-corrected chi connectivity index (χ1v) is 12.4. The molecular weight excluding hydrogens is 422 g/mol. The summed E-state index contributed by atoms with van der Waals surface area (Å²) in [5.74, 6) is 0. The molecule has 0 saturated heterocycles. The molecule has 1 N–H and O–H groups in total. The van der Waals surface area contributed by atoms with Crippen LogP contribution in [-0.4, -0.2) is 44.1 Å². The van der Waals surface area contributed by atoms with E-state index in [9.17, 15) is 0 Å². The SMILES string of the molecule is CCCCCCCCCCCCCCONc1ccccc1.CCO[N+](C)(C)C.O=[N+]([O-])[O-]. The van der Waals surface area contributed by atoms with Crippen molar-refractivity contribution in [2.45, 2.75) is 90.9 Å². The first-order valence-electron chi connectivity index (χ1n) is 12.4. The Kier molecular flexibility index (Phi) is 24.9. The van der Waals surface area contributed by atoms with E-state index in [1.807, 2.05) is 58.4 Å². The van der Waals surface area contributed by atoms with Gasteiger partial charge >= 0.3 is 0 Å². The number of para-hydroxylation sites is 1. The standard InChI is InChI=1S/C20H35NO.C5H14NO.NO3/c1-2-3-4-5-6-7-8-9-10-11-12-16-19-22-21-20-17-14-13-15-18-20;1-5-7-6(2,3)4;2-1(3)4/h13-15,17-18,21H,2-12,16,19H2,1H3;5H2,1-4H3;/q;+1;-1. The van der Waals surface area contributed by atoms with Crippen molar-refractivity contribution in [2.24, 2.45) is 0 Å². The van der Waals surface area contributed by atoms with Crippen molar-refractivity contribution in [3.8, 4) is 0 Å². The lowest BCUT2D eigenvalue weighted by atomic mass is 10.1. The summed E-state index contributed by atoms with van der Waals surface area (Å²) in [6.45, 7) is 5.85. The third kappa shape index (κ3) is 34.9. The molecule has 0 spiro atoms. The molecule has 194 valence electrons. The van der Waals surface area contributed by atoms with E-state index in [0.29, 0.717) is 4.65 Å². The van der Waals surface area contributed by atoms with Crippen LogP contribution < -0.4 is 5.48 Å². The summed E-state index contributed by atoms with van der Waals surface area (Å²) in [6.07, 6.45) is 16.6. The maximum absolute atomic E-state index is 8.25. The maximum atomic E-state index is 8.25. The second-order valence-corrected chi connectivity index (χ2v) is 8.74. The van der Waals surface area contributed by atoms with Crippen LogP contribution in [-0.2, 0) is 9.68 Å². The van der Waals surface area contributed by atoms with Crippen LogP contribution in [0.15, 0.2) is 30.3 Å². The summed E-state index contributed by atoms with van der Waals surface area (Å²) in [5.41, 5.74) is 4.01. The van der Waals surface area contributed by atoms with E-state index < -0.39 is 5.09 Å². The van der Waals surface area contributed by atoms with E-state index in [1.165, 1.54) is 70.6 Å². The van der Waals surface area contributed by atoms with Crippen LogP contribution in [0.3, 0.4) is 0 Å². The molecular formula is C25H49N3O5. The van der Waals surface area contributed by atoms with Crippen molar-refractivity contribution < 1.29 is 19.4 Å². The zero-order valence-corrected chi connectivity index (χ0v) is 21.7. The summed E-state index contributed by atoms with van der Waals surface area (Å²) in [5, 5.41) is 14.8. The summed E-state index contributed by atoms with van der Waals surface area (Å²) in [6, 6.07) is 10.1. The maximum Gasteiger partial charge on any atom is 0.103 e. The Morgan fingerprint density at radius 1 is 0.788 bits per heavy atom. The highest BCUT2D eigenvalue weighted by Gasteiger charge is 2.03. The molecule has 0 aliphatic rings. The number of nitrogens with one attached hydrogen (secondary N) is 1. The lowest BCUT2D eigenvalue weighted by Crippen LogP contribution is -2.34. The first-order chi connectivity index (χ1) is 15.7. The first kappa shape index (κ1) is 33.3. The van der Waals surface area contributed by atoms with Gasteiger partial charge in [0.1, 0.15) is 6.61 Å². The Hall–Kier alpha value is -1.90. The monoisotopic (exact) mass is 471 g/mol. The van der Waals surface area contributed by atoms with Gasteiger partial charge < -0.3 is 15.3 Å². The Labute approximate surface area is 201 Å². The normalized spacial score (nSPS) is 10.5. The molecule has 0 heterocycles. The van der Waals surface area contributed by atoms with Crippen molar-refractivity contribution >= 4 is 5.69 Å². The minimum Gasteiger partial charge on any atom is -0.356 e. The number of hydrogen-bond acceptors (Lipinski definition) is 6. The highest BCUT2D eigenvalue weighted by molar-refractivity contribution is 5.39. The van der Waals surface area contributed by atoms with Gasteiger partial charge in [0.25, 0.3) is 0 Å². The minimum atomic E-state index is -1.75. The summed E-state index contributed by atoms with van der Waals surface area (Å²) >= 11 is 0. The zero-order chi connectivity index (χ0) is 25.2. The van der Waals surface area contributed by atoms with Gasteiger partial charge in [-0.05, 0) is 25.5 Å². The van der Waals surface area contributed by atoms with Crippen molar-refractivity contribution in [1.29, 1.82) is 0 Å². The second-order valence-electron chi connectivity index (χ2n) is 8.74. The van der Waals surface area contributed by atoms with Gasteiger partial charge in [-0.25, -0.2) is 4.84 Å². The van der Waals surface area contributed by atoms with E-state index in [1.54, 1.807) is 0 Å². The molecule has 1 rings (SSSR count). The number of anilines is 1. The predicted molar refractivity (Wildman–Crippen MR) is 137 cm³/mol. The van der Waals surface area contributed by atoms with Crippen LogP contribution in [0.4, 0.5) is 5.69 Å². The van der Waals surface area contributed by atoms with Crippen LogP contribution in [0.1, 0.15) is 90.9 Å². The summed E-state index contributed by atoms with van der Waals surface area (Å²) in [7, 11) is 5.97. The molecule has 1 aromatic rings. The molecule has 0 unspecified atom stereocenters. The topological polar surface area (TPSA) is 96.7 Å². The van der Waals surface area contributed by atoms with Gasteiger partial charge in [0.05, 0.1) is 38.5 Å². The third-order valence-corrected chi connectivity index (χ3v) is 4.58. The Balaban J connectivity index is 0. The van der Waals surface area contributed by atoms with Crippen molar-refractivity contribution in [1.82, 2.24) is 0 Å². The molecule has 0 amide bonds. The number of unbranched alkanes of at least 4 members (excludes halogenated alkanes) is 11. The van der Waals surface area contributed by atoms with E-state index in [-0.39, 0.29) is 0 Å². The molecule has 0 fully saturated rings. The van der Waals surface area contributed by atoms with Crippen molar-refractivity contribution in [3.05, 3.63) is 45.7 Å². The summed E-state index contributed by atoms with van der Waals surface area (Å²) < 4.78 is 0.594. The molecule has 8 heteroatoms. The minimum absolute atomic E-state index is 0.594. The second kappa shape index (κ2) is 24.7. The molecule has 0 radical (unpaired) electrons. The average Bonchev–Trinajstić information content (AvgIpc) is 2.74. The van der Waals surface area contributed by atoms with Gasteiger partial charge in [0.2, 0.25) is 0 Å². The highest BCUT2D eigenvalue weighted by Crippen LogP contribution is 2.12. The van der Waals surface area contributed by atoms with Crippen LogP contribution in [0.2, 0.25) is 0 Å². The van der Waals surface area contributed by atoms with Gasteiger partial charge in [-0.3, -0.25) is 10.3 Å². The Morgan fingerprint density at radius 3 is 1.58 bits per heavy atom. The van der Waals surface area contributed by atoms with Crippen LogP contribution in [0.5, 0.6) is 0 Å². The van der Waals surface area contributed by atoms with E-state index in [2.05, 4.69) is 12.4 Å². The fourth-order valence-corrected chi connectivity index (χ4v) is 3.04. The molecule has 0 saturated carbocycles. The number of hydroxylamine groups is 3. The predicted octanol–water partition coefficient (Wildman–Crippen LogP) is 7.14. The lowest BCUT2D eigenvalue weighted by molar-refractivity contribution is -1.06. The lowest BCUT2D eigenvalue weighted by Gasteiger charge is -2.19. The molecule has 0 bridgehead atoms. The van der Waals surface area contributed by atoms with E-state index in [0.717, 1.165) is 25.3 Å². The van der Waals surface area contributed by atoms with Gasteiger partial charge in [0, 0.05) is 0 Å². The molecule has 0 aliphatic carbocycles. The molecule has 8 nitrogen and oxygen atoms in total. The van der Waals surface area contributed by atoms with Gasteiger partial charge in [-0.15, -0.1) is 0 Å². The molecule has 0 aliphatic heterocycles. The average molecular weight is 472 g/mol. The summed E-state index contributed by atoms with van der Waals surface area (Å²) in [4.78, 5) is 18.9. The van der Waals surface area contributed by atoms with Crippen molar-refractivity contribution in [3.63, 3.8) is 0 Å². The number of benzene rings is 1. The van der Waals surface area contributed by atoms with Gasteiger partial charge in [-0.1, -0.05) is 95.8 Å². The number of nitrogens with zero attached hydrogens (tertiary/aromatic N) is 2.